The van der Waals surface area contributed by atoms with Crippen LogP contribution in [0, 0.1) is 18.8 Å². The molecule has 2 aromatic carbocycles. The molecule has 0 unspecified atom stereocenters. The third-order valence-corrected chi connectivity index (χ3v) is 11.7. The number of aliphatic imine (C=N–C) groups is 1. The summed E-state index contributed by atoms with van der Waals surface area (Å²) in [6, 6.07) is 10.5. The minimum Gasteiger partial charge on any atom is -0.487 e. The highest BCUT2D eigenvalue weighted by atomic mass is 32.2. The molecule has 19 heteroatoms. The summed E-state index contributed by atoms with van der Waals surface area (Å²) >= 11 is 1.53. The fraction of sp³-hybridized carbons (Fsp3) is 0.500. The van der Waals surface area contributed by atoms with Crippen LogP contribution < -0.4 is 31.0 Å². The van der Waals surface area contributed by atoms with E-state index in [4.69, 9.17) is 44.6 Å². The van der Waals surface area contributed by atoms with Crippen molar-refractivity contribution >= 4 is 39.4 Å². The smallest absolute Gasteiger partial charge is 0.407 e. The zero-order valence-corrected chi connectivity index (χ0v) is 32.4. The first-order chi connectivity index (χ1) is 26.3. The van der Waals surface area contributed by atoms with E-state index in [0.717, 1.165) is 16.3 Å². The van der Waals surface area contributed by atoms with E-state index in [2.05, 4.69) is 15.3 Å². The molecular weight excluding hydrogens is 757 g/mol. The fourth-order valence-corrected chi connectivity index (χ4v) is 8.66. The summed E-state index contributed by atoms with van der Waals surface area (Å²) in [5, 5.41) is 5.74. The monoisotopic (exact) mass is 802 g/mol. The summed E-state index contributed by atoms with van der Waals surface area (Å²) in [5.41, 5.74) is 12.5. The summed E-state index contributed by atoms with van der Waals surface area (Å²) in [6.45, 7) is 5.68. The number of alkyl carbamates (subject to hydrolysis) is 1. The number of aromatic nitrogens is 1. The zero-order valence-electron chi connectivity index (χ0n) is 30.8. The highest BCUT2D eigenvalue weighted by Crippen LogP contribution is 2.35. The SMILES string of the molecule is Cc1nc(COc2ccc(C[C@H](NC(=O)O[C@H]3CO[C@H]4OCC[C@H]43)[C@@H](CN(CC(C)C)S(=O)(=O)c3ccc4c(c3)OCO4)OC(=O)CN=C(N)N)cc2)cs1. The predicted octanol–water partition coefficient (Wildman–Crippen LogP) is 2.69. The van der Waals surface area contributed by atoms with Crippen molar-refractivity contribution < 1.29 is 51.2 Å². The number of nitrogens with one attached hydrogen (secondary N) is 1. The van der Waals surface area contributed by atoms with Crippen LogP contribution in [0.15, 0.2) is 57.7 Å². The molecule has 298 valence electrons. The van der Waals surface area contributed by atoms with Gasteiger partial charge in [0.1, 0.15) is 31.1 Å². The molecule has 0 bridgehead atoms. The van der Waals surface area contributed by atoms with Crippen LogP contribution in [0.1, 0.15) is 36.5 Å². The maximum atomic E-state index is 14.3. The molecular formula is C36H46N6O11S2. The van der Waals surface area contributed by atoms with E-state index in [1.165, 1.54) is 33.8 Å². The number of nitrogens with zero attached hydrogens (tertiary/aromatic N) is 3. The largest absolute Gasteiger partial charge is 0.487 e. The molecule has 55 heavy (non-hydrogen) atoms. The molecule has 3 aliphatic rings. The molecule has 1 aromatic heterocycles. The Hall–Kier alpha value is -4.69. The van der Waals surface area contributed by atoms with Crippen molar-refractivity contribution in [3.63, 3.8) is 0 Å². The van der Waals surface area contributed by atoms with Gasteiger partial charge < -0.3 is 49.9 Å². The zero-order chi connectivity index (χ0) is 39.1. The Morgan fingerprint density at radius 1 is 1.09 bits per heavy atom. The summed E-state index contributed by atoms with van der Waals surface area (Å²) in [6.07, 6.45) is -2.33. The van der Waals surface area contributed by atoms with E-state index in [1.807, 2.05) is 26.2 Å². The number of esters is 1. The average molecular weight is 803 g/mol. The van der Waals surface area contributed by atoms with Crippen molar-refractivity contribution in [1.82, 2.24) is 14.6 Å². The number of aryl methyl sites for hydroxylation is 1. The number of carbonyl (C=O) groups is 2. The molecule has 0 aliphatic carbocycles. The van der Waals surface area contributed by atoms with Crippen molar-refractivity contribution in [3.8, 4) is 17.2 Å². The maximum Gasteiger partial charge on any atom is 0.407 e. The molecule has 2 fully saturated rings. The van der Waals surface area contributed by atoms with Crippen molar-refractivity contribution in [2.45, 2.75) is 69.7 Å². The lowest BCUT2D eigenvalue weighted by Crippen LogP contribution is -2.53. The van der Waals surface area contributed by atoms with Crippen LogP contribution in [-0.2, 0) is 46.8 Å². The Kier molecular flexibility index (Phi) is 13.0. The standard InChI is InChI=1S/C36H46N6O11S2/c1-21(2)15-42(55(45,46)26-8-9-29-30(13-26)51-20-50-29)16-31(52-33(43)14-39-35(37)38)28(41-36(44)53-32-18-49-34-27(32)10-11-47-34)12-23-4-6-25(7-5-23)48-17-24-19-54-22(3)40-24/h4-9,13,19,21,27-28,31-32,34H,10-12,14-18,20H2,1-3H3,(H,41,44)(H4,37,38,39)/t27-,28-,31+,32-,34+/m0/s1. The third kappa shape index (κ3) is 10.5. The average Bonchev–Trinajstić information content (AvgIpc) is 3.96. The van der Waals surface area contributed by atoms with E-state index in [-0.39, 0.29) is 68.0 Å². The number of amides is 1. The highest BCUT2D eigenvalue weighted by Gasteiger charge is 2.44. The molecule has 2 saturated heterocycles. The fourth-order valence-electron chi connectivity index (χ4n) is 6.43. The van der Waals surface area contributed by atoms with Gasteiger partial charge in [-0.2, -0.15) is 4.31 Å². The van der Waals surface area contributed by atoms with Gasteiger partial charge in [0.25, 0.3) is 0 Å². The van der Waals surface area contributed by atoms with Crippen LogP contribution >= 0.6 is 11.3 Å². The number of hydrogen-bond donors (Lipinski definition) is 3. The molecule has 5 atom stereocenters. The summed E-state index contributed by atoms with van der Waals surface area (Å²) in [4.78, 5) is 35.1. The Labute approximate surface area is 323 Å². The molecule has 17 nitrogen and oxygen atoms in total. The minimum atomic E-state index is -4.23. The second-order valence-corrected chi connectivity index (χ2v) is 16.7. The van der Waals surface area contributed by atoms with Gasteiger partial charge in [-0.3, -0.25) is 4.79 Å². The second kappa shape index (κ2) is 17.8. The lowest BCUT2D eigenvalue weighted by Gasteiger charge is -2.33. The summed E-state index contributed by atoms with van der Waals surface area (Å²) in [7, 11) is -4.23. The number of thiazole rings is 1. The number of nitrogens with two attached hydrogens (primary N) is 2. The molecule has 0 saturated carbocycles. The molecule has 6 rings (SSSR count). The predicted molar refractivity (Wildman–Crippen MR) is 199 cm³/mol. The van der Waals surface area contributed by atoms with E-state index < -0.39 is 53.2 Å². The summed E-state index contributed by atoms with van der Waals surface area (Å²) < 4.78 is 69.7. The van der Waals surface area contributed by atoms with Crippen molar-refractivity contribution in [2.75, 3.05) is 39.6 Å². The number of guanidine groups is 1. The number of ether oxygens (including phenoxy) is 7. The van der Waals surface area contributed by atoms with E-state index in [9.17, 15) is 18.0 Å². The van der Waals surface area contributed by atoms with Crippen LogP contribution in [-0.4, -0.2) is 99.9 Å². The molecule has 4 heterocycles. The van der Waals surface area contributed by atoms with Crippen LogP contribution in [0.25, 0.3) is 0 Å². The topological polar surface area (TPSA) is 225 Å². The van der Waals surface area contributed by atoms with Gasteiger partial charge in [0, 0.05) is 18.0 Å². The van der Waals surface area contributed by atoms with E-state index >= 15 is 0 Å². The van der Waals surface area contributed by atoms with Gasteiger partial charge in [0.05, 0.1) is 47.3 Å². The maximum absolute atomic E-state index is 14.3. The lowest BCUT2D eigenvalue weighted by molar-refractivity contribution is -0.149. The number of fused-ring (bicyclic) bond motifs is 2. The molecule has 3 aromatic rings. The first kappa shape index (κ1) is 40.0. The Bertz CT molecular complexity index is 1940. The van der Waals surface area contributed by atoms with Gasteiger partial charge in [-0.05, 0) is 55.5 Å². The van der Waals surface area contributed by atoms with Crippen LogP contribution in [0.2, 0.25) is 0 Å². The first-order valence-corrected chi connectivity index (χ1v) is 20.1. The van der Waals surface area contributed by atoms with Gasteiger partial charge in [-0.15, -0.1) is 11.3 Å². The van der Waals surface area contributed by atoms with E-state index in [1.54, 1.807) is 24.3 Å². The Morgan fingerprint density at radius 3 is 2.60 bits per heavy atom. The summed E-state index contributed by atoms with van der Waals surface area (Å²) in [5.74, 6) is -0.173. The van der Waals surface area contributed by atoms with Crippen molar-refractivity contribution in [3.05, 3.63) is 64.1 Å². The molecule has 0 radical (unpaired) electrons. The van der Waals surface area contributed by atoms with Gasteiger partial charge >= 0.3 is 12.1 Å². The Balaban J connectivity index is 1.29. The van der Waals surface area contributed by atoms with Crippen LogP contribution in [0.5, 0.6) is 17.2 Å². The quantitative estimate of drug-likeness (QED) is 0.101. The highest BCUT2D eigenvalue weighted by molar-refractivity contribution is 7.89. The van der Waals surface area contributed by atoms with Gasteiger partial charge in [-0.25, -0.2) is 23.2 Å². The normalized spacial score (nSPS) is 19.8. The number of rotatable bonds is 17. The van der Waals surface area contributed by atoms with Crippen molar-refractivity contribution in [2.24, 2.45) is 28.3 Å². The second-order valence-electron chi connectivity index (χ2n) is 13.7. The lowest BCUT2D eigenvalue weighted by atomic mass is 10.0. The van der Waals surface area contributed by atoms with Gasteiger partial charge in [0.15, 0.2) is 23.7 Å². The first-order valence-electron chi connectivity index (χ1n) is 17.8. The number of benzene rings is 2. The molecule has 5 N–H and O–H groups in total. The van der Waals surface area contributed by atoms with Gasteiger partial charge in [0.2, 0.25) is 16.8 Å². The van der Waals surface area contributed by atoms with Crippen LogP contribution in [0.3, 0.4) is 0 Å². The number of carbonyl (C=O) groups excluding carboxylic acids is 2. The number of sulfonamides is 1. The molecule has 0 spiro atoms. The molecule has 1 amide bonds. The van der Waals surface area contributed by atoms with E-state index in [0.29, 0.717) is 24.5 Å². The van der Waals surface area contributed by atoms with Crippen molar-refractivity contribution in [1.29, 1.82) is 0 Å². The molecule has 3 aliphatic heterocycles. The third-order valence-electron chi connectivity index (χ3n) is 9.04. The van der Waals surface area contributed by atoms with Crippen LogP contribution in [0.4, 0.5) is 4.79 Å². The number of hydrogen-bond acceptors (Lipinski definition) is 14. The minimum absolute atomic E-state index is 0.0359. The van der Waals surface area contributed by atoms with Gasteiger partial charge in [-0.1, -0.05) is 26.0 Å². The Morgan fingerprint density at radius 2 is 1.87 bits per heavy atom.